The van der Waals surface area contributed by atoms with E-state index in [4.69, 9.17) is 4.74 Å². The summed E-state index contributed by atoms with van der Waals surface area (Å²) in [6, 6.07) is 15.9. The van der Waals surface area contributed by atoms with Gasteiger partial charge in [-0.3, -0.25) is 4.79 Å². The van der Waals surface area contributed by atoms with E-state index >= 15 is 0 Å². The number of amides is 1. The van der Waals surface area contributed by atoms with Gasteiger partial charge in [-0.15, -0.1) is 0 Å². The van der Waals surface area contributed by atoms with E-state index < -0.39 is 0 Å². The molecule has 0 saturated carbocycles. The molecule has 2 rings (SSSR count). The summed E-state index contributed by atoms with van der Waals surface area (Å²) < 4.78 is 6.70. The molecular formula is C20H24BrNO2. The Morgan fingerprint density at radius 2 is 1.88 bits per heavy atom. The number of halogens is 1. The fourth-order valence-electron chi connectivity index (χ4n) is 2.29. The lowest BCUT2D eigenvalue weighted by atomic mass is 9.87. The molecule has 128 valence electrons. The molecule has 0 unspecified atom stereocenters. The van der Waals surface area contributed by atoms with Crippen LogP contribution in [0.5, 0.6) is 5.75 Å². The Kier molecular flexibility index (Phi) is 6.44. The molecule has 0 aliphatic carbocycles. The third kappa shape index (κ3) is 5.68. The van der Waals surface area contributed by atoms with Gasteiger partial charge in [-0.05, 0) is 34.7 Å². The molecule has 24 heavy (non-hydrogen) atoms. The van der Waals surface area contributed by atoms with Gasteiger partial charge < -0.3 is 10.1 Å². The van der Waals surface area contributed by atoms with E-state index in [1.165, 1.54) is 5.56 Å². The first-order valence-electron chi connectivity index (χ1n) is 8.10. The zero-order chi connectivity index (χ0) is 17.6. The minimum atomic E-state index is -0.00561. The van der Waals surface area contributed by atoms with Gasteiger partial charge in [0.15, 0.2) is 0 Å². The fourth-order valence-corrected chi connectivity index (χ4v) is 2.71. The molecule has 1 N–H and O–H groups in total. The van der Waals surface area contributed by atoms with Crippen LogP contribution in [0, 0.1) is 0 Å². The van der Waals surface area contributed by atoms with Crippen molar-refractivity contribution in [2.45, 2.75) is 32.6 Å². The van der Waals surface area contributed by atoms with Crippen LogP contribution in [0.25, 0.3) is 0 Å². The third-order valence-electron chi connectivity index (χ3n) is 3.70. The van der Waals surface area contributed by atoms with Crippen molar-refractivity contribution in [1.29, 1.82) is 0 Å². The fraction of sp³-hybridized carbons (Fsp3) is 0.350. The van der Waals surface area contributed by atoms with Crippen LogP contribution in [-0.2, 0) is 16.6 Å². The van der Waals surface area contributed by atoms with Gasteiger partial charge in [0.25, 0.3) is 0 Å². The van der Waals surface area contributed by atoms with Gasteiger partial charge in [-0.25, -0.2) is 0 Å². The molecule has 0 bridgehead atoms. The summed E-state index contributed by atoms with van der Waals surface area (Å²) in [7, 11) is 0. The number of hydrogen-bond acceptors (Lipinski definition) is 2. The molecular weight excluding hydrogens is 366 g/mol. The van der Waals surface area contributed by atoms with E-state index in [-0.39, 0.29) is 11.3 Å². The van der Waals surface area contributed by atoms with E-state index in [9.17, 15) is 4.79 Å². The highest BCUT2D eigenvalue weighted by atomic mass is 79.9. The molecule has 0 aliphatic heterocycles. The number of nitrogens with one attached hydrogen (secondary N) is 1. The molecule has 0 saturated heterocycles. The Bertz CT molecular complexity index is 692. The van der Waals surface area contributed by atoms with Crippen LogP contribution < -0.4 is 10.1 Å². The summed E-state index contributed by atoms with van der Waals surface area (Å²) in [6.07, 6.45) is 0.362. The molecule has 3 nitrogen and oxygen atoms in total. The zero-order valence-corrected chi connectivity index (χ0v) is 16.0. The maximum absolute atomic E-state index is 12.0. The molecule has 0 radical (unpaired) electrons. The molecule has 2 aromatic rings. The predicted octanol–water partition coefficient (Wildman–Crippen LogP) is 4.48. The second kappa shape index (κ2) is 8.34. The Hall–Kier alpha value is -1.81. The molecule has 0 heterocycles. The number of carbonyl (C=O) groups is 1. The van der Waals surface area contributed by atoms with Crippen molar-refractivity contribution in [2.75, 3.05) is 13.2 Å². The second-order valence-corrected chi connectivity index (χ2v) is 7.60. The second-order valence-electron chi connectivity index (χ2n) is 6.74. The van der Waals surface area contributed by atoms with E-state index in [0.29, 0.717) is 19.6 Å². The van der Waals surface area contributed by atoms with Gasteiger partial charge in [-0.2, -0.15) is 0 Å². The maximum atomic E-state index is 12.0. The normalized spacial score (nSPS) is 11.2. The lowest BCUT2D eigenvalue weighted by Gasteiger charge is -2.19. The number of ether oxygens (including phenoxy) is 1. The molecule has 0 aromatic heterocycles. The molecule has 2 aromatic carbocycles. The Balaban J connectivity index is 1.77. The summed E-state index contributed by atoms with van der Waals surface area (Å²) in [5.41, 5.74) is 2.31. The summed E-state index contributed by atoms with van der Waals surface area (Å²) in [6.45, 7) is 7.47. The van der Waals surface area contributed by atoms with Crippen molar-refractivity contribution >= 4 is 21.8 Å². The van der Waals surface area contributed by atoms with Crippen LogP contribution in [0.2, 0.25) is 0 Å². The summed E-state index contributed by atoms with van der Waals surface area (Å²) in [5, 5.41) is 2.89. The minimum Gasteiger partial charge on any atom is -0.492 e. The number of carbonyl (C=O) groups excluding carboxylic acids is 1. The lowest BCUT2D eigenvalue weighted by molar-refractivity contribution is -0.120. The quantitative estimate of drug-likeness (QED) is 0.739. The monoisotopic (exact) mass is 389 g/mol. The van der Waals surface area contributed by atoms with Gasteiger partial charge in [0.2, 0.25) is 5.91 Å². The number of hydrogen-bond donors (Lipinski definition) is 1. The molecule has 0 spiro atoms. The average Bonchev–Trinajstić information content (AvgIpc) is 2.53. The highest BCUT2D eigenvalue weighted by Crippen LogP contribution is 2.25. The first-order chi connectivity index (χ1) is 11.4. The lowest BCUT2D eigenvalue weighted by Crippen LogP contribution is -2.29. The minimum absolute atomic E-state index is 0.00561. The van der Waals surface area contributed by atoms with Gasteiger partial charge in [0.1, 0.15) is 12.4 Å². The van der Waals surface area contributed by atoms with Crippen LogP contribution in [-0.4, -0.2) is 19.1 Å². The highest BCUT2D eigenvalue weighted by molar-refractivity contribution is 9.10. The summed E-state index contributed by atoms with van der Waals surface area (Å²) >= 11 is 3.46. The Morgan fingerprint density at radius 3 is 2.58 bits per heavy atom. The third-order valence-corrected chi connectivity index (χ3v) is 4.48. The zero-order valence-electron chi connectivity index (χ0n) is 14.4. The van der Waals surface area contributed by atoms with E-state index in [1.807, 2.05) is 36.4 Å². The summed E-state index contributed by atoms with van der Waals surface area (Å²) in [4.78, 5) is 12.0. The highest BCUT2D eigenvalue weighted by Gasteiger charge is 2.13. The molecule has 4 heteroatoms. The first kappa shape index (κ1) is 18.5. The van der Waals surface area contributed by atoms with E-state index in [0.717, 1.165) is 15.8 Å². The SMILES string of the molecule is CC(C)(C)c1cccc(OCCNC(=O)Cc2ccccc2Br)c1. The van der Waals surface area contributed by atoms with Gasteiger partial charge in [0.05, 0.1) is 13.0 Å². The van der Waals surface area contributed by atoms with Gasteiger partial charge in [0, 0.05) is 4.47 Å². The largest absolute Gasteiger partial charge is 0.492 e. The summed E-state index contributed by atoms with van der Waals surface area (Å²) in [5.74, 6) is 0.830. The number of rotatable bonds is 6. The Labute approximate surface area is 152 Å². The molecule has 0 atom stereocenters. The van der Waals surface area contributed by atoms with Crippen molar-refractivity contribution in [2.24, 2.45) is 0 Å². The molecule has 0 aliphatic rings. The smallest absolute Gasteiger partial charge is 0.224 e. The van der Waals surface area contributed by atoms with Crippen LogP contribution in [0.1, 0.15) is 31.9 Å². The first-order valence-corrected chi connectivity index (χ1v) is 8.89. The van der Waals surface area contributed by atoms with Crippen molar-refractivity contribution < 1.29 is 9.53 Å². The van der Waals surface area contributed by atoms with Crippen molar-refractivity contribution in [3.05, 3.63) is 64.1 Å². The van der Waals surface area contributed by atoms with Gasteiger partial charge >= 0.3 is 0 Å². The van der Waals surface area contributed by atoms with Crippen LogP contribution >= 0.6 is 15.9 Å². The van der Waals surface area contributed by atoms with Crippen LogP contribution in [0.3, 0.4) is 0 Å². The van der Waals surface area contributed by atoms with Crippen LogP contribution in [0.4, 0.5) is 0 Å². The van der Waals surface area contributed by atoms with E-state index in [1.54, 1.807) is 0 Å². The molecule has 0 fully saturated rings. The Morgan fingerprint density at radius 1 is 1.12 bits per heavy atom. The van der Waals surface area contributed by atoms with Crippen molar-refractivity contribution in [3.8, 4) is 5.75 Å². The van der Waals surface area contributed by atoms with Crippen molar-refractivity contribution in [3.63, 3.8) is 0 Å². The van der Waals surface area contributed by atoms with Crippen LogP contribution in [0.15, 0.2) is 53.0 Å². The topological polar surface area (TPSA) is 38.3 Å². The molecule has 1 amide bonds. The maximum Gasteiger partial charge on any atom is 0.224 e. The van der Waals surface area contributed by atoms with E-state index in [2.05, 4.69) is 54.2 Å². The van der Waals surface area contributed by atoms with Crippen molar-refractivity contribution in [1.82, 2.24) is 5.32 Å². The standard InChI is InChI=1S/C20H24BrNO2/c1-20(2,3)16-8-6-9-17(14-16)24-12-11-22-19(23)13-15-7-4-5-10-18(15)21/h4-10,14H,11-13H2,1-3H3,(H,22,23). The predicted molar refractivity (Wildman–Crippen MR) is 101 cm³/mol. The number of benzene rings is 2. The van der Waals surface area contributed by atoms with Gasteiger partial charge in [-0.1, -0.05) is 67.0 Å². The average molecular weight is 390 g/mol.